The number of anilines is 1. The van der Waals surface area contributed by atoms with Crippen molar-refractivity contribution >= 4 is 22.7 Å². The lowest BCUT2D eigenvalue weighted by atomic mass is 9.87. The van der Waals surface area contributed by atoms with Gasteiger partial charge in [0.15, 0.2) is 0 Å². The lowest BCUT2D eigenvalue weighted by molar-refractivity contribution is 0.269. The van der Waals surface area contributed by atoms with Crippen LogP contribution < -0.4 is 5.32 Å². The summed E-state index contributed by atoms with van der Waals surface area (Å²) in [6.07, 6.45) is 0. The molecule has 1 rings (SSSR count). The maximum absolute atomic E-state index is 10.5. The second kappa shape index (κ2) is 4.01. The van der Waals surface area contributed by atoms with Crippen LogP contribution in [0.4, 0.5) is 10.5 Å². The molecule has 0 fully saturated rings. The molecule has 0 aliphatic rings. The van der Waals surface area contributed by atoms with Crippen LogP contribution >= 0.6 is 11.6 Å². The third-order valence-electron chi connectivity index (χ3n) is 1.99. The smallest absolute Gasteiger partial charge is 0.312 e. The summed E-state index contributed by atoms with van der Waals surface area (Å²) in [5.74, 6) is 0. The summed E-state index contributed by atoms with van der Waals surface area (Å²) in [6, 6.07) is 7.67. The SMILES string of the molecule is CC(C)(C)c1ccc(NC(=O)Cl)cc1. The predicted octanol–water partition coefficient (Wildman–Crippen LogP) is 3.75. The molecule has 0 aliphatic heterocycles. The van der Waals surface area contributed by atoms with Gasteiger partial charge in [0.2, 0.25) is 0 Å². The Labute approximate surface area is 89.3 Å². The molecule has 3 heteroatoms. The average Bonchev–Trinajstić information content (AvgIpc) is 2.02. The quantitative estimate of drug-likeness (QED) is 0.556. The molecule has 14 heavy (non-hydrogen) atoms. The highest BCUT2D eigenvalue weighted by molar-refractivity contribution is 6.65. The molecule has 1 aromatic rings. The highest BCUT2D eigenvalue weighted by Crippen LogP contribution is 2.23. The zero-order valence-corrected chi connectivity index (χ0v) is 9.35. The lowest BCUT2D eigenvalue weighted by Gasteiger charge is -2.19. The Morgan fingerprint density at radius 2 is 1.71 bits per heavy atom. The average molecular weight is 212 g/mol. The molecule has 1 N–H and O–H groups in total. The van der Waals surface area contributed by atoms with Crippen LogP contribution in [0.1, 0.15) is 26.3 Å². The van der Waals surface area contributed by atoms with Crippen LogP contribution in [0, 0.1) is 0 Å². The lowest BCUT2D eigenvalue weighted by Crippen LogP contribution is -2.11. The fraction of sp³-hybridized carbons (Fsp3) is 0.364. The van der Waals surface area contributed by atoms with E-state index in [-0.39, 0.29) is 5.41 Å². The molecule has 0 aromatic heterocycles. The number of rotatable bonds is 1. The number of benzene rings is 1. The molecule has 0 saturated carbocycles. The molecule has 0 atom stereocenters. The van der Waals surface area contributed by atoms with Gasteiger partial charge in [0, 0.05) is 5.69 Å². The zero-order chi connectivity index (χ0) is 10.8. The van der Waals surface area contributed by atoms with Crippen LogP contribution in [0.15, 0.2) is 24.3 Å². The van der Waals surface area contributed by atoms with Crippen LogP contribution in [0.5, 0.6) is 0 Å². The van der Waals surface area contributed by atoms with Crippen LogP contribution in [0.2, 0.25) is 0 Å². The van der Waals surface area contributed by atoms with Crippen LogP contribution in [-0.2, 0) is 5.41 Å². The van der Waals surface area contributed by atoms with Gasteiger partial charge in [-0.1, -0.05) is 32.9 Å². The molecular weight excluding hydrogens is 198 g/mol. The molecule has 1 amide bonds. The molecule has 0 bridgehead atoms. The first kappa shape index (κ1) is 11.1. The number of hydrogen-bond acceptors (Lipinski definition) is 1. The van der Waals surface area contributed by atoms with Gasteiger partial charge in [-0.3, -0.25) is 4.79 Å². The number of nitrogens with one attached hydrogen (secondary N) is 1. The summed E-state index contributed by atoms with van der Waals surface area (Å²) >= 11 is 5.19. The van der Waals surface area contributed by atoms with E-state index in [1.54, 1.807) is 0 Å². The van der Waals surface area contributed by atoms with Crippen molar-refractivity contribution in [1.82, 2.24) is 0 Å². The van der Waals surface area contributed by atoms with Gasteiger partial charge in [0.05, 0.1) is 0 Å². The number of carbonyl (C=O) groups excluding carboxylic acids is 1. The molecule has 0 spiro atoms. The number of carbonyl (C=O) groups is 1. The van der Waals surface area contributed by atoms with Gasteiger partial charge in [-0.05, 0) is 34.7 Å². The fourth-order valence-corrected chi connectivity index (χ4v) is 1.28. The second-order valence-electron chi connectivity index (χ2n) is 4.23. The first-order chi connectivity index (χ1) is 6.39. The molecule has 2 nitrogen and oxygen atoms in total. The van der Waals surface area contributed by atoms with E-state index in [9.17, 15) is 4.79 Å². The minimum Gasteiger partial charge on any atom is -0.312 e. The van der Waals surface area contributed by atoms with E-state index in [0.717, 1.165) is 5.69 Å². The number of hydrogen-bond donors (Lipinski definition) is 1. The summed E-state index contributed by atoms with van der Waals surface area (Å²) in [4.78, 5) is 10.5. The van der Waals surface area contributed by atoms with Crippen molar-refractivity contribution in [3.8, 4) is 0 Å². The van der Waals surface area contributed by atoms with E-state index < -0.39 is 5.37 Å². The fourth-order valence-electron chi connectivity index (χ4n) is 1.17. The largest absolute Gasteiger partial charge is 0.318 e. The van der Waals surface area contributed by atoms with Gasteiger partial charge in [-0.2, -0.15) is 0 Å². The van der Waals surface area contributed by atoms with Gasteiger partial charge in [0.1, 0.15) is 0 Å². The van der Waals surface area contributed by atoms with Crippen LogP contribution in [0.25, 0.3) is 0 Å². The van der Waals surface area contributed by atoms with Crippen molar-refractivity contribution in [3.05, 3.63) is 29.8 Å². The van der Waals surface area contributed by atoms with Crippen LogP contribution in [-0.4, -0.2) is 5.37 Å². The normalized spacial score (nSPS) is 11.1. The number of amides is 1. The van der Waals surface area contributed by atoms with Crippen LogP contribution in [0.3, 0.4) is 0 Å². The van der Waals surface area contributed by atoms with E-state index in [4.69, 9.17) is 11.6 Å². The Balaban J connectivity index is 2.84. The Kier molecular flexibility index (Phi) is 3.17. The summed E-state index contributed by atoms with van der Waals surface area (Å²) in [5.41, 5.74) is 2.08. The molecular formula is C11H14ClNO. The van der Waals surface area contributed by atoms with E-state index in [0.29, 0.717) is 0 Å². The van der Waals surface area contributed by atoms with Crippen molar-refractivity contribution in [3.63, 3.8) is 0 Å². The Hall–Kier alpha value is -1.02. The minimum atomic E-state index is -0.562. The highest BCUT2D eigenvalue weighted by Gasteiger charge is 2.12. The summed E-state index contributed by atoms with van der Waals surface area (Å²) < 4.78 is 0. The standard InChI is InChI=1S/C11H14ClNO/c1-11(2,3)8-4-6-9(7-5-8)13-10(12)14/h4-7H,1-3H3,(H,13,14). The maximum atomic E-state index is 10.5. The second-order valence-corrected chi connectivity index (χ2v) is 4.57. The van der Waals surface area contributed by atoms with E-state index in [1.807, 2.05) is 24.3 Å². The predicted molar refractivity (Wildman–Crippen MR) is 60.0 cm³/mol. The van der Waals surface area contributed by atoms with E-state index in [1.165, 1.54) is 5.56 Å². The van der Waals surface area contributed by atoms with Crippen molar-refractivity contribution in [2.24, 2.45) is 0 Å². The minimum absolute atomic E-state index is 0.128. The van der Waals surface area contributed by atoms with Gasteiger partial charge in [-0.15, -0.1) is 0 Å². The van der Waals surface area contributed by atoms with Crippen molar-refractivity contribution in [2.75, 3.05) is 5.32 Å². The molecule has 76 valence electrons. The molecule has 0 aliphatic carbocycles. The molecule has 0 heterocycles. The Morgan fingerprint density at radius 1 is 1.21 bits per heavy atom. The highest BCUT2D eigenvalue weighted by atomic mass is 35.5. The van der Waals surface area contributed by atoms with Gasteiger partial charge < -0.3 is 5.32 Å². The summed E-state index contributed by atoms with van der Waals surface area (Å²) in [6.45, 7) is 6.42. The third kappa shape index (κ3) is 3.04. The topological polar surface area (TPSA) is 29.1 Å². The van der Waals surface area contributed by atoms with E-state index in [2.05, 4.69) is 26.1 Å². The first-order valence-corrected chi connectivity index (χ1v) is 4.84. The first-order valence-electron chi connectivity index (χ1n) is 4.46. The maximum Gasteiger partial charge on any atom is 0.318 e. The van der Waals surface area contributed by atoms with Crippen molar-refractivity contribution in [2.45, 2.75) is 26.2 Å². The molecule has 1 aromatic carbocycles. The van der Waals surface area contributed by atoms with Gasteiger partial charge in [-0.25, -0.2) is 0 Å². The molecule has 0 saturated heterocycles. The zero-order valence-electron chi connectivity index (χ0n) is 8.60. The van der Waals surface area contributed by atoms with Gasteiger partial charge in [0.25, 0.3) is 0 Å². The summed E-state index contributed by atoms with van der Waals surface area (Å²) in [7, 11) is 0. The van der Waals surface area contributed by atoms with Crippen molar-refractivity contribution in [1.29, 1.82) is 0 Å². The molecule has 0 unspecified atom stereocenters. The Bertz CT molecular complexity index is 324. The monoisotopic (exact) mass is 211 g/mol. The Morgan fingerprint density at radius 3 is 2.07 bits per heavy atom. The summed E-state index contributed by atoms with van der Waals surface area (Å²) in [5, 5.41) is 1.95. The third-order valence-corrected chi connectivity index (χ3v) is 2.09. The number of halogens is 1. The van der Waals surface area contributed by atoms with Crippen molar-refractivity contribution < 1.29 is 4.79 Å². The van der Waals surface area contributed by atoms with Gasteiger partial charge >= 0.3 is 5.37 Å². The van der Waals surface area contributed by atoms with E-state index >= 15 is 0 Å². The molecule has 0 radical (unpaired) electrons.